The zero-order valence-electron chi connectivity index (χ0n) is 34.7. The number of hydrogen-bond acceptors (Lipinski definition) is 12. The minimum atomic E-state index is -1.41. The van der Waals surface area contributed by atoms with Crippen LogP contribution in [-0.2, 0) is 57.3 Å². The van der Waals surface area contributed by atoms with Gasteiger partial charge in [0.05, 0.1) is 39.6 Å². The molecule has 0 aliphatic heterocycles. The molecule has 0 bridgehead atoms. The lowest BCUT2D eigenvalue weighted by atomic mass is 10.0. The largest absolute Gasteiger partial charge is 0.481 e. The van der Waals surface area contributed by atoms with Crippen LogP contribution < -0.4 is 21.3 Å². The first-order chi connectivity index (χ1) is 28.3. The van der Waals surface area contributed by atoms with Gasteiger partial charge in [-0.25, -0.2) is 9.59 Å². The van der Waals surface area contributed by atoms with Crippen molar-refractivity contribution in [2.45, 2.75) is 134 Å². The number of Topliss-reactive ketones (excluding diaryl/α,β-unsaturated/α-hetero) is 1. The van der Waals surface area contributed by atoms with E-state index in [0.717, 1.165) is 57.8 Å². The highest BCUT2D eigenvalue weighted by Gasteiger charge is 2.61. The van der Waals surface area contributed by atoms with E-state index in [1.54, 1.807) is 0 Å². The molecule has 19 heteroatoms. The minimum Gasteiger partial charge on any atom is -0.481 e. The van der Waals surface area contributed by atoms with Crippen LogP contribution in [0.5, 0.6) is 0 Å². The van der Waals surface area contributed by atoms with Gasteiger partial charge in [-0.3, -0.25) is 24.0 Å². The molecule has 0 aromatic heterocycles. The molecule has 1 aliphatic carbocycles. The first-order valence-electron chi connectivity index (χ1n) is 20.9. The van der Waals surface area contributed by atoms with Gasteiger partial charge in [-0.2, -0.15) is 0 Å². The Balaban J connectivity index is 1.99. The van der Waals surface area contributed by atoms with Gasteiger partial charge in [-0.05, 0) is 32.6 Å². The molecule has 2 unspecified atom stereocenters. The molecule has 1 aliphatic rings. The van der Waals surface area contributed by atoms with Gasteiger partial charge in [-0.15, -0.1) is 0 Å². The zero-order valence-corrected chi connectivity index (χ0v) is 34.7. The van der Waals surface area contributed by atoms with Crippen molar-refractivity contribution in [1.82, 2.24) is 21.3 Å². The lowest BCUT2D eigenvalue weighted by Crippen LogP contribution is -2.45. The second kappa shape index (κ2) is 32.6. The van der Waals surface area contributed by atoms with E-state index in [0.29, 0.717) is 6.42 Å². The number of carboxylic acid groups (broad SMARTS) is 3. The van der Waals surface area contributed by atoms with Crippen LogP contribution in [0.3, 0.4) is 0 Å². The third-order valence-corrected chi connectivity index (χ3v) is 9.59. The SMILES string of the molecule is CC(=O)CC[C@H](NC(=O)COCCOCCNC(=O)COCCOCCNC(=O)CC1CC1(NC(=O)CCCCCCCCCCCCCCC(=O)O)C(=O)O)C(=O)O. The van der Waals surface area contributed by atoms with Crippen molar-refractivity contribution in [1.29, 1.82) is 0 Å². The van der Waals surface area contributed by atoms with Crippen LogP contribution in [-0.4, -0.2) is 140 Å². The molecule has 1 rings (SSSR count). The summed E-state index contributed by atoms with van der Waals surface area (Å²) in [5.74, 6) is -5.44. The lowest BCUT2D eigenvalue weighted by Gasteiger charge is -2.15. The first kappa shape index (κ1) is 52.8. The molecule has 0 saturated heterocycles. The molecule has 7 N–H and O–H groups in total. The molecule has 0 aromatic rings. The van der Waals surface area contributed by atoms with Gasteiger partial charge in [0.15, 0.2) is 0 Å². The van der Waals surface area contributed by atoms with Gasteiger partial charge in [0, 0.05) is 44.7 Å². The van der Waals surface area contributed by atoms with E-state index >= 15 is 0 Å². The van der Waals surface area contributed by atoms with Crippen LogP contribution in [0.2, 0.25) is 0 Å². The predicted octanol–water partition coefficient (Wildman–Crippen LogP) is 2.12. The third-order valence-electron chi connectivity index (χ3n) is 9.59. The summed E-state index contributed by atoms with van der Waals surface area (Å²) in [4.78, 5) is 93.4. The summed E-state index contributed by atoms with van der Waals surface area (Å²) in [6.45, 7) is 2.05. The number of amides is 4. The Hall–Kier alpha value is -4.20. The number of carbonyl (C=O) groups is 8. The van der Waals surface area contributed by atoms with Crippen molar-refractivity contribution in [3.8, 4) is 0 Å². The fourth-order valence-corrected chi connectivity index (χ4v) is 6.17. The van der Waals surface area contributed by atoms with Crippen molar-refractivity contribution in [3.05, 3.63) is 0 Å². The van der Waals surface area contributed by atoms with Gasteiger partial charge in [0.25, 0.3) is 0 Å². The molecular formula is C40H68N4O15. The van der Waals surface area contributed by atoms with E-state index in [1.807, 2.05) is 0 Å². The van der Waals surface area contributed by atoms with Crippen molar-refractivity contribution >= 4 is 47.3 Å². The predicted molar refractivity (Wildman–Crippen MR) is 212 cm³/mol. The Bertz CT molecular complexity index is 1300. The van der Waals surface area contributed by atoms with Crippen LogP contribution in [0.25, 0.3) is 0 Å². The number of hydrogen-bond donors (Lipinski definition) is 7. The average Bonchev–Trinajstić information content (AvgIpc) is 3.87. The number of unbranched alkanes of at least 4 members (excludes halogenated alkanes) is 11. The van der Waals surface area contributed by atoms with Crippen LogP contribution in [0.1, 0.15) is 122 Å². The maximum atomic E-state index is 12.5. The van der Waals surface area contributed by atoms with Gasteiger partial charge < -0.3 is 60.3 Å². The molecule has 338 valence electrons. The third kappa shape index (κ3) is 28.0. The molecule has 0 heterocycles. The number of ketones is 1. The smallest absolute Gasteiger partial charge is 0.329 e. The van der Waals surface area contributed by atoms with Crippen LogP contribution >= 0.6 is 0 Å². The van der Waals surface area contributed by atoms with Crippen LogP contribution in [0.15, 0.2) is 0 Å². The zero-order chi connectivity index (χ0) is 43.7. The molecule has 19 nitrogen and oxygen atoms in total. The Morgan fingerprint density at radius 1 is 0.576 bits per heavy atom. The molecule has 59 heavy (non-hydrogen) atoms. The maximum Gasteiger partial charge on any atom is 0.329 e. The standard InChI is InChI=1S/C40H68N4O15/c1-30(45)16-17-32(38(52)53)43-36(49)29-59-25-23-57-21-19-42-35(48)28-58-24-22-56-20-18-41-34(47)26-31-27-40(31,39(54)55)44-33(46)14-12-10-8-6-4-2-3-5-7-9-11-13-15-37(50)51/h31-32H,2-29H2,1H3,(H,41,47)(H,42,48)(H,43,49)(H,44,46)(H,50,51)(H,52,53)(H,54,55)/t31?,32-,40?/m0/s1. The number of ether oxygens (including phenoxy) is 4. The van der Waals surface area contributed by atoms with Gasteiger partial charge in [-0.1, -0.05) is 64.2 Å². The van der Waals surface area contributed by atoms with Crippen molar-refractivity contribution in [2.75, 3.05) is 65.9 Å². The Labute approximate surface area is 346 Å². The quantitative estimate of drug-likeness (QED) is 0.0435. The highest BCUT2D eigenvalue weighted by atomic mass is 16.5. The van der Waals surface area contributed by atoms with Crippen molar-refractivity contribution < 1.29 is 72.6 Å². The molecule has 0 aromatic carbocycles. The minimum absolute atomic E-state index is 0.00871. The second-order valence-electron chi connectivity index (χ2n) is 14.8. The first-order valence-corrected chi connectivity index (χ1v) is 20.9. The van der Waals surface area contributed by atoms with Crippen molar-refractivity contribution in [2.24, 2.45) is 5.92 Å². The van der Waals surface area contributed by atoms with E-state index in [2.05, 4.69) is 21.3 Å². The fraction of sp³-hybridized carbons (Fsp3) is 0.800. The van der Waals surface area contributed by atoms with E-state index in [9.17, 15) is 43.5 Å². The average molecular weight is 845 g/mol. The molecule has 1 saturated carbocycles. The topological polar surface area (TPSA) is 282 Å². The Morgan fingerprint density at radius 3 is 1.54 bits per heavy atom. The fourth-order valence-electron chi connectivity index (χ4n) is 6.17. The summed E-state index contributed by atoms with van der Waals surface area (Å²) in [7, 11) is 0. The molecule has 0 spiro atoms. The number of carbonyl (C=O) groups excluding carboxylic acids is 5. The lowest BCUT2D eigenvalue weighted by molar-refractivity contribution is -0.144. The molecule has 1 fully saturated rings. The van der Waals surface area contributed by atoms with E-state index < -0.39 is 41.3 Å². The summed E-state index contributed by atoms with van der Waals surface area (Å²) >= 11 is 0. The molecule has 4 amide bonds. The summed E-state index contributed by atoms with van der Waals surface area (Å²) in [5, 5.41) is 37.8. The van der Waals surface area contributed by atoms with E-state index in [4.69, 9.17) is 29.2 Å². The van der Waals surface area contributed by atoms with Gasteiger partial charge >= 0.3 is 17.9 Å². The summed E-state index contributed by atoms with van der Waals surface area (Å²) in [5.41, 5.74) is -1.41. The Morgan fingerprint density at radius 2 is 1.05 bits per heavy atom. The van der Waals surface area contributed by atoms with E-state index in [-0.39, 0.29) is 128 Å². The normalized spacial score (nSPS) is 16.1. The maximum absolute atomic E-state index is 12.5. The summed E-state index contributed by atoms with van der Waals surface area (Å²) < 4.78 is 21.1. The number of carboxylic acids is 3. The second-order valence-corrected chi connectivity index (χ2v) is 14.8. The van der Waals surface area contributed by atoms with Gasteiger partial charge in [0.1, 0.15) is 30.6 Å². The molecule has 3 atom stereocenters. The molecular weight excluding hydrogens is 776 g/mol. The highest BCUT2D eigenvalue weighted by molar-refractivity contribution is 5.91. The van der Waals surface area contributed by atoms with Crippen LogP contribution in [0.4, 0.5) is 0 Å². The molecule has 0 radical (unpaired) electrons. The number of nitrogens with one attached hydrogen (secondary N) is 4. The monoisotopic (exact) mass is 844 g/mol. The summed E-state index contributed by atoms with van der Waals surface area (Å²) in [6, 6.07) is -1.18. The number of rotatable bonds is 40. The Kier molecular flexibility index (Phi) is 29.2. The van der Waals surface area contributed by atoms with Crippen molar-refractivity contribution in [3.63, 3.8) is 0 Å². The summed E-state index contributed by atoms with van der Waals surface area (Å²) in [6.07, 6.45) is 12.9. The van der Waals surface area contributed by atoms with E-state index in [1.165, 1.54) is 19.8 Å². The number of aliphatic carboxylic acids is 3. The van der Waals surface area contributed by atoms with Gasteiger partial charge in [0.2, 0.25) is 23.6 Å². The highest BCUT2D eigenvalue weighted by Crippen LogP contribution is 2.46. The van der Waals surface area contributed by atoms with Crippen LogP contribution in [0, 0.1) is 5.92 Å².